The van der Waals surface area contributed by atoms with Crippen molar-refractivity contribution in [2.45, 2.75) is 55.4 Å². The van der Waals surface area contributed by atoms with E-state index in [-0.39, 0.29) is 10.8 Å². The molecule has 0 radical (unpaired) electrons. The fourth-order valence-electron chi connectivity index (χ4n) is 3.16. The van der Waals surface area contributed by atoms with E-state index < -0.39 is 0 Å². The van der Waals surface area contributed by atoms with Gasteiger partial charge in [0.2, 0.25) is 0 Å². The van der Waals surface area contributed by atoms with Crippen molar-refractivity contribution >= 4 is 3.90 Å². The van der Waals surface area contributed by atoms with Crippen molar-refractivity contribution in [1.29, 1.82) is 0 Å². The summed E-state index contributed by atoms with van der Waals surface area (Å²) in [5.41, 5.74) is 3.64. The minimum absolute atomic E-state index is 0.228. The summed E-state index contributed by atoms with van der Waals surface area (Å²) < 4.78 is 39.1. The molecule has 0 heterocycles. The molecule has 0 unspecified atom stereocenters. The summed E-state index contributed by atoms with van der Waals surface area (Å²) in [7, 11) is 0. The second-order valence-corrected chi connectivity index (χ2v) is 8.21. The van der Waals surface area contributed by atoms with Gasteiger partial charge >= 0.3 is 193 Å². The number of rotatable bonds is 6. The zero-order chi connectivity index (χ0) is 25.7. The second-order valence-electron chi connectivity index (χ2n) is 6.75. The molecule has 1 rings (SSSR count). The number of nitrogens with zero attached hydrogens (tertiary/aromatic N) is 2. The van der Waals surface area contributed by atoms with Gasteiger partial charge in [0.1, 0.15) is 0 Å². The summed E-state index contributed by atoms with van der Waals surface area (Å²) in [6, 6.07) is 0. The standard InChI is InChI=1S/C17H32N2.5CO.W/c1-9-18(10-2)14-13-17(8,16(5,6)7)15(14)19(11-3)12-4;5*1-2;/h9-12H2,1-8H3;;;;;;/t17-;;;;;;/m0....../s1. The van der Waals surface area contributed by atoms with E-state index >= 15 is 0 Å². The molecule has 0 aromatic carbocycles. The Balaban J connectivity index is -0.000000182. The Labute approximate surface area is 193 Å². The molecular weight excluding hydrogens is 556 g/mol. The molecule has 8 heteroatoms. The SMILES string of the molecule is CCN(CC)C1=C(N(CC)CC)[C@@](C)(C(C)(C)C)[C]1=[W].[C-]#[O+].[C-]#[O+].[C-]#[O+].[C-]#[O+].[C-]#[O+]. The molecule has 166 valence electrons. The average Bonchev–Trinajstić information content (AvgIpc) is 2.81. The minimum atomic E-state index is 0.228. The zero-order valence-electron chi connectivity index (χ0n) is 19.2. The monoisotopic (exact) mass is 588 g/mol. The zero-order valence-corrected chi connectivity index (χ0v) is 22.1. The van der Waals surface area contributed by atoms with Crippen molar-refractivity contribution in [3.63, 3.8) is 0 Å². The van der Waals surface area contributed by atoms with Crippen molar-refractivity contribution < 1.29 is 42.6 Å². The van der Waals surface area contributed by atoms with Crippen molar-refractivity contribution in [2.24, 2.45) is 10.8 Å². The van der Waals surface area contributed by atoms with E-state index in [2.05, 4.69) is 98.4 Å². The quantitative estimate of drug-likeness (QED) is 0.350. The second kappa shape index (κ2) is 22.3. The fourth-order valence-corrected chi connectivity index (χ4v) is 5.42. The van der Waals surface area contributed by atoms with E-state index in [0.29, 0.717) is 0 Å². The normalized spacial score (nSPS) is 15.6. The molecule has 0 saturated carbocycles. The summed E-state index contributed by atoms with van der Waals surface area (Å²) in [6.07, 6.45) is 0. The molecule has 1 aliphatic rings. The van der Waals surface area contributed by atoms with E-state index in [1.54, 1.807) is 34.6 Å². The van der Waals surface area contributed by atoms with Crippen LogP contribution < -0.4 is 0 Å². The first-order chi connectivity index (χ1) is 14.2. The van der Waals surface area contributed by atoms with Crippen LogP contribution in [0.5, 0.6) is 0 Å². The Bertz CT molecular complexity index is 569. The van der Waals surface area contributed by atoms with Gasteiger partial charge in [-0.25, -0.2) is 0 Å². The molecule has 7 nitrogen and oxygen atoms in total. The van der Waals surface area contributed by atoms with E-state index in [1.807, 2.05) is 0 Å². The maximum absolute atomic E-state index is 7.50. The van der Waals surface area contributed by atoms with Crippen LogP contribution in [0.4, 0.5) is 0 Å². The number of hydrogen-bond donors (Lipinski definition) is 0. The molecule has 0 saturated heterocycles. The van der Waals surface area contributed by atoms with Crippen LogP contribution in [-0.4, -0.2) is 39.9 Å². The van der Waals surface area contributed by atoms with Crippen LogP contribution in [0.1, 0.15) is 55.4 Å². The molecule has 0 spiro atoms. The third-order valence-corrected chi connectivity index (χ3v) is 7.19. The molecule has 0 N–H and O–H groups in total. The average molecular weight is 588 g/mol. The third kappa shape index (κ3) is 9.17. The van der Waals surface area contributed by atoms with Crippen molar-refractivity contribution in [2.75, 3.05) is 26.2 Å². The van der Waals surface area contributed by atoms with Crippen LogP contribution in [0.2, 0.25) is 0 Å². The molecule has 1 atom stereocenters. The summed E-state index contributed by atoms with van der Waals surface area (Å²) >= 11 is 1.63. The van der Waals surface area contributed by atoms with Crippen LogP contribution in [0.25, 0.3) is 0 Å². The van der Waals surface area contributed by atoms with Gasteiger partial charge in [0.25, 0.3) is 0 Å². The Kier molecular flexibility index (Phi) is 29.1. The van der Waals surface area contributed by atoms with Gasteiger partial charge in [-0.15, -0.1) is 0 Å². The first-order valence-electron chi connectivity index (χ1n) is 9.02. The topological polar surface area (TPSA) is 106 Å². The molecule has 1 aliphatic carbocycles. The molecule has 30 heavy (non-hydrogen) atoms. The van der Waals surface area contributed by atoms with Gasteiger partial charge in [-0.2, -0.15) is 0 Å². The Morgan fingerprint density at radius 1 is 0.700 bits per heavy atom. The van der Waals surface area contributed by atoms with Crippen LogP contribution >= 0.6 is 0 Å². The molecular formula is C22H32N2O5W. The third-order valence-electron chi connectivity index (χ3n) is 5.03. The van der Waals surface area contributed by atoms with Crippen molar-refractivity contribution in [3.8, 4) is 0 Å². The van der Waals surface area contributed by atoms with Crippen LogP contribution in [0.15, 0.2) is 11.4 Å². The van der Waals surface area contributed by atoms with E-state index in [1.165, 1.54) is 0 Å². The van der Waals surface area contributed by atoms with Gasteiger partial charge < -0.3 is 0 Å². The summed E-state index contributed by atoms with van der Waals surface area (Å²) in [6.45, 7) is 45.6. The Hall–Kier alpha value is -1.40. The Morgan fingerprint density at radius 2 is 0.967 bits per heavy atom. The van der Waals surface area contributed by atoms with Crippen LogP contribution in [0.3, 0.4) is 0 Å². The van der Waals surface area contributed by atoms with Gasteiger partial charge in [0.15, 0.2) is 0 Å². The molecule has 0 fully saturated rings. The fraction of sp³-hybridized carbons (Fsp3) is 0.636. The van der Waals surface area contributed by atoms with E-state index in [4.69, 9.17) is 23.3 Å². The molecule has 0 aromatic rings. The predicted molar refractivity (Wildman–Crippen MR) is 105 cm³/mol. The molecule has 0 aliphatic heterocycles. The van der Waals surface area contributed by atoms with Gasteiger partial charge in [-0.3, -0.25) is 0 Å². The van der Waals surface area contributed by atoms with Gasteiger partial charge in [-0.05, 0) is 0 Å². The maximum atomic E-state index is 7.50. The van der Waals surface area contributed by atoms with Gasteiger partial charge in [-0.1, -0.05) is 0 Å². The van der Waals surface area contributed by atoms with Crippen molar-refractivity contribution in [1.82, 2.24) is 9.80 Å². The first-order valence-corrected chi connectivity index (χ1v) is 10.5. The number of allylic oxidation sites excluding steroid dienone is 2. The number of hydrogen-bond acceptors (Lipinski definition) is 2. The molecule has 0 aromatic heterocycles. The van der Waals surface area contributed by atoms with E-state index in [0.717, 1.165) is 26.2 Å². The predicted octanol–water partition coefficient (Wildman–Crippen LogP) is 3.48. The Morgan fingerprint density at radius 3 is 1.17 bits per heavy atom. The summed E-state index contributed by atoms with van der Waals surface area (Å²) in [5, 5.41) is 0. The molecule has 0 amide bonds. The van der Waals surface area contributed by atoms with Gasteiger partial charge in [0, 0.05) is 0 Å². The van der Waals surface area contributed by atoms with Crippen LogP contribution in [-0.2, 0) is 42.6 Å². The molecule has 0 bridgehead atoms. The summed E-state index contributed by atoms with van der Waals surface area (Å²) in [4.78, 5) is 5.12. The van der Waals surface area contributed by atoms with Crippen LogP contribution in [0, 0.1) is 44.1 Å². The van der Waals surface area contributed by atoms with Crippen molar-refractivity contribution in [3.05, 3.63) is 44.6 Å². The first kappa shape index (κ1) is 39.1. The van der Waals surface area contributed by atoms with Gasteiger partial charge in [0.05, 0.1) is 0 Å². The van der Waals surface area contributed by atoms with E-state index in [9.17, 15) is 0 Å². The summed E-state index contributed by atoms with van der Waals surface area (Å²) in [5.74, 6) is 0.